The van der Waals surface area contributed by atoms with Crippen molar-refractivity contribution in [1.29, 1.82) is 0 Å². The predicted molar refractivity (Wildman–Crippen MR) is 348 cm³/mol. The Morgan fingerprint density at radius 2 is 0.430 bits per heavy atom. The molecule has 4 unspecified atom stereocenters. The van der Waals surface area contributed by atoms with Crippen molar-refractivity contribution in [3.8, 4) is 0 Å². The van der Waals surface area contributed by atoms with Crippen LogP contribution in [0, 0.1) is 0 Å². The first-order valence-corrected chi connectivity index (χ1v) is 36.9. The van der Waals surface area contributed by atoms with Gasteiger partial charge in [0.2, 0.25) is 5.91 Å². The van der Waals surface area contributed by atoms with Gasteiger partial charge in [-0.1, -0.05) is 418 Å². The number of hydrogen-bond donors (Lipinski definition) is 5. The summed E-state index contributed by atoms with van der Waals surface area (Å²) in [6.07, 6.45) is 84.0. The summed E-state index contributed by atoms with van der Waals surface area (Å²) in [5, 5.41) is 44.3. The Kier molecular flexibility index (Phi) is 67.5. The fourth-order valence-electron chi connectivity index (χ4n) is 12.4. The largest absolute Gasteiger partial charge is 0.394 e. The van der Waals surface area contributed by atoms with Crippen LogP contribution in [0.4, 0.5) is 0 Å². The molecule has 0 aliphatic heterocycles. The van der Waals surface area contributed by atoms with Gasteiger partial charge in [0.1, 0.15) is 12.2 Å². The SMILES string of the molecule is CCCCCCCCCCCCCCCCCCCCCCCCCCCCCCCCCCCCCCC(O)C(=O)NC(CO)C(O)C(O)CCCCCCCCCCCCCCCCCCCCCCCCCCCCC. The van der Waals surface area contributed by atoms with Gasteiger partial charge in [-0.3, -0.25) is 4.79 Å². The van der Waals surface area contributed by atoms with Gasteiger partial charge in [0.25, 0.3) is 0 Å². The summed E-state index contributed by atoms with van der Waals surface area (Å²) in [6, 6.07) is -0.982. The fraction of sp³-hybridized carbons (Fsp3) is 0.986. The first kappa shape index (κ1) is 78.3. The summed E-state index contributed by atoms with van der Waals surface area (Å²) in [6.45, 7) is 4.12. The van der Waals surface area contributed by atoms with Crippen LogP contribution >= 0.6 is 0 Å². The zero-order valence-electron chi connectivity index (χ0n) is 54.2. The highest BCUT2D eigenvalue weighted by atomic mass is 16.3. The average molecular weight is 1120 g/mol. The van der Waals surface area contributed by atoms with Crippen LogP contribution in [-0.2, 0) is 4.79 Å². The maximum absolute atomic E-state index is 12.7. The second-order valence-corrected chi connectivity index (χ2v) is 26.0. The van der Waals surface area contributed by atoms with Gasteiger partial charge in [0.15, 0.2) is 0 Å². The molecule has 6 heteroatoms. The Morgan fingerprint density at radius 3 is 0.608 bits per heavy atom. The van der Waals surface area contributed by atoms with E-state index < -0.39 is 36.9 Å². The van der Waals surface area contributed by atoms with Gasteiger partial charge in [-0.2, -0.15) is 0 Å². The van der Waals surface area contributed by atoms with Crippen LogP contribution in [0.5, 0.6) is 0 Å². The molecule has 1 amide bonds. The van der Waals surface area contributed by atoms with Crippen molar-refractivity contribution >= 4 is 5.91 Å². The lowest BCUT2D eigenvalue weighted by Gasteiger charge is -2.27. The molecule has 474 valence electrons. The van der Waals surface area contributed by atoms with Crippen molar-refractivity contribution in [2.45, 2.75) is 456 Å². The lowest BCUT2D eigenvalue weighted by Crippen LogP contribution is -2.53. The topological polar surface area (TPSA) is 110 Å². The van der Waals surface area contributed by atoms with Crippen molar-refractivity contribution in [3.63, 3.8) is 0 Å². The van der Waals surface area contributed by atoms with Gasteiger partial charge < -0.3 is 25.7 Å². The van der Waals surface area contributed by atoms with Crippen LogP contribution in [0.3, 0.4) is 0 Å². The molecule has 0 aromatic carbocycles. The van der Waals surface area contributed by atoms with Gasteiger partial charge >= 0.3 is 0 Å². The Balaban J connectivity index is 3.48. The second-order valence-electron chi connectivity index (χ2n) is 26.0. The van der Waals surface area contributed by atoms with Crippen molar-refractivity contribution in [2.75, 3.05) is 6.61 Å². The highest BCUT2D eigenvalue weighted by Crippen LogP contribution is 2.21. The summed E-state index contributed by atoms with van der Waals surface area (Å²) in [5.41, 5.74) is 0. The zero-order chi connectivity index (χ0) is 57.3. The van der Waals surface area contributed by atoms with Crippen molar-refractivity contribution in [2.24, 2.45) is 0 Å². The number of nitrogens with one attached hydrogen (secondary N) is 1. The fourth-order valence-corrected chi connectivity index (χ4v) is 12.4. The summed E-state index contributed by atoms with van der Waals surface area (Å²) < 4.78 is 0. The van der Waals surface area contributed by atoms with E-state index in [1.807, 2.05) is 0 Å². The van der Waals surface area contributed by atoms with Gasteiger partial charge in [-0.25, -0.2) is 0 Å². The molecule has 0 aliphatic carbocycles. The number of hydrogen-bond acceptors (Lipinski definition) is 5. The summed E-state index contributed by atoms with van der Waals surface area (Å²) in [5.74, 6) is -0.572. The van der Waals surface area contributed by atoms with Crippen LogP contribution in [0.2, 0.25) is 0 Å². The Labute approximate surface area is 496 Å². The molecule has 0 aliphatic rings. The molecule has 0 heterocycles. The zero-order valence-corrected chi connectivity index (χ0v) is 54.2. The molecule has 0 saturated heterocycles. The third-order valence-electron chi connectivity index (χ3n) is 18.1. The molecule has 0 bridgehead atoms. The normalized spacial score (nSPS) is 13.3. The molecule has 0 aromatic heterocycles. The maximum Gasteiger partial charge on any atom is 0.249 e. The van der Waals surface area contributed by atoms with E-state index in [-0.39, 0.29) is 0 Å². The van der Waals surface area contributed by atoms with Gasteiger partial charge in [0.05, 0.1) is 18.8 Å². The number of unbranched alkanes of at least 4 members (excludes halogenated alkanes) is 61. The minimum atomic E-state index is -1.26. The standard InChI is InChI=1S/C73H147NO5/c1-3-5-7-9-11-13-15-17-19-21-23-25-27-29-31-32-33-34-35-36-37-38-39-41-43-45-47-49-51-53-55-57-59-61-63-65-67-71(77)73(79)74-69(68-75)72(78)70(76)66-64-62-60-58-56-54-52-50-48-46-44-42-40-30-28-26-24-22-20-18-16-14-12-10-8-6-4-2/h69-72,75-78H,3-68H2,1-2H3,(H,74,79). The molecule has 0 radical (unpaired) electrons. The molecule has 4 atom stereocenters. The van der Waals surface area contributed by atoms with E-state index >= 15 is 0 Å². The lowest BCUT2D eigenvalue weighted by atomic mass is 9.99. The Morgan fingerprint density at radius 1 is 0.266 bits per heavy atom. The quantitative estimate of drug-likeness (QED) is 0.0390. The maximum atomic E-state index is 12.7. The smallest absolute Gasteiger partial charge is 0.249 e. The van der Waals surface area contributed by atoms with E-state index in [1.54, 1.807) is 0 Å². The highest BCUT2D eigenvalue weighted by molar-refractivity contribution is 5.80. The van der Waals surface area contributed by atoms with Crippen LogP contribution in [-0.4, -0.2) is 57.3 Å². The molecular formula is C73H147NO5. The molecule has 5 N–H and O–H groups in total. The van der Waals surface area contributed by atoms with Gasteiger partial charge in [-0.05, 0) is 12.8 Å². The van der Waals surface area contributed by atoms with E-state index in [1.165, 1.54) is 366 Å². The molecule has 6 nitrogen and oxygen atoms in total. The molecule has 0 spiro atoms. The first-order chi connectivity index (χ1) is 39.0. The monoisotopic (exact) mass is 1120 g/mol. The minimum Gasteiger partial charge on any atom is -0.394 e. The number of carbonyl (C=O) groups is 1. The molecule has 0 saturated carbocycles. The van der Waals surface area contributed by atoms with Crippen molar-refractivity contribution in [1.82, 2.24) is 5.32 Å². The number of amides is 1. The van der Waals surface area contributed by atoms with Crippen LogP contribution in [0.15, 0.2) is 0 Å². The van der Waals surface area contributed by atoms with E-state index in [9.17, 15) is 25.2 Å². The van der Waals surface area contributed by atoms with Crippen LogP contribution < -0.4 is 5.32 Å². The second kappa shape index (κ2) is 68.1. The van der Waals surface area contributed by atoms with Crippen LogP contribution in [0.25, 0.3) is 0 Å². The molecule has 0 rings (SSSR count). The van der Waals surface area contributed by atoms with Crippen molar-refractivity contribution in [3.05, 3.63) is 0 Å². The third kappa shape index (κ3) is 61.7. The molecule has 0 fully saturated rings. The first-order valence-electron chi connectivity index (χ1n) is 36.9. The van der Waals surface area contributed by atoms with E-state index in [0.29, 0.717) is 12.8 Å². The summed E-state index contributed by atoms with van der Waals surface area (Å²) >= 11 is 0. The predicted octanol–water partition coefficient (Wildman–Crippen LogP) is 22.9. The third-order valence-corrected chi connectivity index (χ3v) is 18.1. The number of rotatable bonds is 70. The number of aliphatic hydroxyl groups excluding tert-OH is 4. The molecular weight excluding hydrogens is 971 g/mol. The minimum absolute atomic E-state index is 0.377. The van der Waals surface area contributed by atoms with Gasteiger partial charge in [-0.15, -0.1) is 0 Å². The Bertz CT molecular complexity index is 1120. The number of carbonyl (C=O) groups excluding carboxylic acids is 1. The van der Waals surface area contributed by atoms with Crippen LogP contribution in [0.1, 0.15) is 431 Å². The number of aliphatic hydroxyl groups is 4. The summed E-state index contributed by atoms with van der Waals surface area (Å²) in [7, 11) is 0. The lowest BCUT2D eigenvalue weighted by molar-refractivity contribution is -0.132. The highest BCUT2D eigenvalue weighted by Gasteiger charge is 2.28. The van der Waals surface area contributed by atoms with E-state index in [4.69, 9.17) is 0 Å². The molecule has 0 aromatic rings. The van der Waals surface area contributed by atoms with E-state index in [0.717, 1.165) is 38.5 Å². The van der Waals surface area contributed by atoms with E-state index in [2.05, 4.69) is 19.2 Å². The summed E-state index contributed by atoms with van der Waals surface area (Å²) in [4.78, 5) is 12.7. The Hall–Kier alpha value is -0.690. The van der Waals surface area contributed by atoms with Gasteiger partial charge in [0, 0.05) is 0 Å². The van der Waals surface area contributed by atoms with Crippen molar-refractivity contribution < 1.29 is 25.2 Å². The average Bonchev–Trinajstić information content (AvgIpc) is 3.45. The molecule has 79 heavy (non-hydrogen) atoms.